The molecule has 1 aromatic rings. The molecule has 0 spiro atoms. The number of hydrogen-bond acceptors (Lipinski definition) is 4. The summed E-state index contributed by atoms with van der Waals surface area (Å²) in [5.41, 5.74) is -0.152. The van der Waals surface area contributed by atoms with Gasteiger partial charge in [0.15, 0.2) is 0 Å². The van der Waals surface area contributed by atoms with Crippen LogP contribution < -0.4 is 4.90 Å². The number of ether oxygens (including phenoxy) is 1. The summed E-state index contributed by atoms with van der Waals surface area (Å²) in [5.74, 6) is 0.0895. The number of aldehydes is 1. The number of nitrogens with zero attached hydrogens (tertiary/aromatic N) is 1. The number of hydrogen-bond donors (Lipinski definition) is 1. The number of aromatic hydroxyl groups is 1. The highest BCUT2D eigenvalue weighted by atomic mass is 16.6. The summed E-state index contributed by atoms with van der Waals surface area (Å²) in [6.45, 7) is 6.87. The van der Waals surface area contributed by atoms with E-state index < -0.39 is 17.7 Å². The topological polar surface area (TPSA) is 66.8 Å². The summed E-state index contributed by atoms with van der Waals surface area (Å²) in [7, 11) is 0. The first-order valence-corrected chi connectivity index (χ1v) is 6.01. The van der Waals surface area contributed by atoms with E-state index in [1.165, 1.54) is 17.0 Å². The van der Waals surface area contributed by atoms with Gasteiger partial charge in [0.05, 0.1) is 6.04 Å². The number of anilines is 1. The third kappa shape index (κ3) is 4.28. The van der Waals surface area contributed by atoms with E-state index in [0.717, 1.165) is 0 Å². The second-order valence-corrected chi connectivity index (χ2v) is 5.24. The van der Waals surface area contributed by atoms with Crippen molar-refractivity contribution in [3.63, 3.8) is 0 Å². The van der Waals surface area contributed by atoms with Gasteiger partial charge in [-0.05, 0) is 52.0 Å². The largest absolute Gasteiger partial charge is 0.508 e. The second kappa shape index (κ2) is 5.73. The lowest BCUT2D eigenvalue weighted by molar-refractivity contribution is -0.108. The monoisotopic (exact) mass is 265 g/mol. The molecule has 5 nitrogen and oxygen atoms in total. The highest BCUT2D eigenvalue weighted by molar-refractivity contribution is 5.92. The summed E-state index contributed by atoms with van der Waals surface area (Å²) in [6.07, 6.45) is 0.0642. The van der Waals surface area contributed by atoms with Crippen LogP contribution in [-0.2, 0) is 9.53 Å². The van der Waals surface area contributed by atoms with Crippen LogP contribution >= 0.6 is 0 Å². The second-order valence-electron chi connectivity index (χ2n) is 5.24. The minimum Gasteiger partial charge on any atom is -0.508 e. The Morgan fingerprint density at radius 2 is 1.84 bits per heavy atom. The Kier molecular flexibility index (Phi) is 4.53. The first-order chi connectivity index (χ1) is 8.74. The summed E-state index contributed by atoms with van der Waals surface area (Å²) < 4.78 is 5.27. The molecule has 0 saturated heterocycles. The molecule has 1 amide bonds. The Hall–Kier alpha value is -2.04. The van der Waals surface area contributed by atoms with Gasteiger partial charge in [-0.25, -0.2) is 4.79 Å². The molecule has 0 saturated carbocycles. The van der Waals surface area contributed by atoms with Crippen molar-refractivity contribution < 1.29 is 19.4 Å². The predicted octanol–water partition coefficient (Wildman–Crippen LogP) is 2.72. The summed E-state index contributed by atoms with van der Waals surface area (Å²) in [5, 5.41) is 9.26. The first kappa shape index (κ1) is 15.0. The molecule has 0 aliphatic carbocycles. The molecule has 0 radical (unpaired) electrons. The average Bonchev–Trinajstić information content (AvgIpc) is 2.29. The lowest BCUT2D eigenvalue weighted by Crippen LogP contribution is -2.43. The van der Waals surface area contributed by atoms with E-state index in [9.17, 15) is 14.7 Å². The normalized spacial score (nSPS) is 12.6. The molecule has 1 N–H and O–H groups in total. The predicted molar refractivity (Wildman–Crippen MR) is 72.3 cm³/mol. The zero-order chi connectivity index (χ0) is 14.6. The first-order valence-electron chi connectivity index (χ1n) is 6.01. The molecule has 19 heavy (non-hydrogen) atoms. The highest BCUT2D eigenvalue weighted by Gasteiger charge is 2.27. The molecule has 1 aromatic carbocycles. The van der Waals surface area contributed by atoms with Crippen LogP contribution in [0.25, 0.3) is 0 Å². The lowest BCUT2D eigenvalue weighted by Gasteiger charge is -2.29. The number of carbonyl (C=O) groups excluding carboxylic acids is 2. The van der Waals surface area contributed by atoms with Gasteiger partial charge in [0.1, 0.15) is 17.6 Å². The van der Waals surface area contributed by atoms with E-state index in [-0.39, 0.29) is 5.75 Å². The van der Waals surface area contributed by atoms with Gasteiger partial charge >= 0.3 is 6.09 Å². The van der Waals surface area contributed by atoms with Crippen LogP contribution in [0.3, 0.4) is 0 Å². The van der Waals surface area contributed by atoms with E-state index in [0.29, 0.717) is 12.0 Å². The van der Waals surface area contributed by atoms with Gasteiger partial charge in [-0.3, -0.25) is 4.90 Å². The molecule has 0 aromatic heterocycles. The van der Waals surface area contributed by atoms with Gasteiger partial charge in [0, 0.05) is 5.69 Å². The SMILES string of the molecule is CC(C=O)N(C(=O)OC(C)(C)C)c1ccc(O)cc1. The molecule has 1 rings (SSSR count). The van der Waals surface area contributed by atoms with Crippen molar-refractivity contribution in [3.05, 3.63) is 24.3 Å². The molecular formula is C14H19NO4. The quantitative estimate of drug-likeness (QED) is 0.853. The van der Waals surface area contributed by atoms with Gasteiger partial charge in [0.25, 0.3) is 0 Å². The zero-order valence-corrected chi connectivity index (χ0v) is 11.6. The molecule has 1 atom stereocenters. The third-order valence-electron chi connectivity index (χ3n) is 2.32. The van der Waals surface area contributed by atoms with Crippen molar-refractivity contribution in [3.8, 4) is 5.75 Å². The molecule has 104 valence electrons. The van der Waals surface area contributed by atoms with E-state index in [4.69, 9.17) is 4.74 Å². The fraction of sp³-hybridized carbons (Fsp3) is 0.429. The van der Waals surface area contributed by atoms with Crippen LogP contribution in [0.1, 0.15) is 27.7 Å². The summed E-state index contributed by atoms with van der Waals surface area (Å²) in [4.78, 5) is 24.3. The number of benzene rings is 1. The van der Waals surface area contributed by atoms with Crippen LogP contribution in [0.5, 0.6) is 5.75 Å². The molecule has 0 heterocycles. The molecule has 0 fully saturated rings. The smallest absolute Gasteiger partial charge is 0.415 e. The van der Waals surface area contributed by atoms with Crippen molar-refractivity contribution >= 4 is 18.1 Å². The average molecular weight is 265 g/mol. The lowest BCUT2D eigenvalue weighted by atomic mass is 10.2. The number of amides is 1. The van der Waals surface area contributed by atoms with Gasteiger partial charge in [0.2, 0.25) is 0 Å². The van der Waals surface area contributed by atoms with Crippen LogP contribution in [-0.4, -0.2) is 29.1 Å². The Morgan fingerprint density at radius 1 is 1.32 bits per heavy atom. The maximum Gasteiger partial charge on any atom is 0.415 e. The van der Waals surface area contributed by atoms with Gasteiger partial charge in [-0.1, -0.05) is 0 Å². The minimum atomic E-state index is -0.653. The van der Waals surface area contributed by atoms with E-state index in [1.54, 1.807) is 39.8 Å². The third-order valence-corrected chi connectivity index (χ3v) is 2.32. The Labute approximate surface area is 112 Å². The van der Waals surface area contributed by atoms with Crippen molar-refractivity contribution in [1.82, 2.24) is 0 Å². The molecule has 5 heteroatoms. The number of phenols is 1. The summed E-state index contributed by atoms with van der Waals surface area (Å²) in [6, 6.07) is 5.35. The molecular weight excluding hydrogens is 246 g/mol. The zero-order valence-electron chi connectivity index (χ0n) is 11.6. The van der Waals surface area contributed by atoms with E-state index in [2.05, 4.69) is 0 Å². The van der Waals surface area contributed by atoms with Crippen molar-refractivity contribution in [2.75, 3.05) is 4.90 Å². The Bertz CT molecular complexity index is 448. The fourth-order valence-corrected chi connectivity index (χ4v) is 1.49. The molecule has 1 unspecified atom stereocenters. The van der Waals surface area contributed by atoms with Crippen molar-refractivity contribution in [2.24, 2.45) is 0 Å². The van der Waals surface area contributed by atoms with Crippen molar-refractivity contribution in [2.45, 2.75) is 39.3 Å². The van der Waals surface area contributed by atoms with E-state index in [1.807, 2.05) is 0 Å². The van der Waals surface area contributed by atoms with Crippen LogP contribution in [0.15, 0.2) is 24.3 Å². The van der Waals surface area contributed by atoms with Crippen LogP contribution in [0.2, 0.25) is 0 Å². The van der Waals surface area contributed by atoms with Crippen LogP contribution in [0, 0.1) is 0 Å². The Balaban J connectivity index is 3.05. The maximum atomic E-state index is 12.1. The molecule has 0 aliphatic rings. The van der Waals surface area contributed by atoms with Gasteiger partial charge in [-0.2, -0.15) is 0 Å². The minimum absolute atomic E-state index is 0.0895. The van der Waals surface area contributed by atoms with Crippen molar-refractivity contribution in [1.29, 1.82) is 0 Å². The van der Waals surface area contributed by atoms with Gasteiger partial charge in [-0.15, -0.1) is 0 Å². The standard InChI is InChI=1S/C14H19NO4/c1-10(9-16)15(13(18)19-14(2,3)4)11-5-7-12(17)8-6-11/h5-10,17H,1-4H3. The van der Waals surface area contributed by atoms with E-state index >= 15 is 0 Å². The molecule has 0 bridgehead atoms. The number of phenolic OH excluding ortho intramolecular Hbond substituents is 1. The summed E-state index contributed by atoms with van der Waals surface area (Å²) >= 11 is 0. The maximum absolute atomic E-state index is 12.1. The highest BCUT2D eigenvalue weighted by Crippen LogP contribution is 2.22. The van der Waals surface area contributed by atoms with Gasteiger partial charge < -0.3 is 14.6 Å². The molecule has 0 aliphatic heterocycles. The fourth-order valence-electron chi connectivity index (χ4n) is 1.49. The number of rotatable bonds is 3. The number of carbonyl (C=O) groups is 2. The van der Waals surface area contributed by atoms with Crippen LogP contribution in [0.4, 0.5) is 10.5 Å². The Morgan fingerprint density at radius 3 is 2.26 bits per heavy atom.